The zero-order valence-electron chi connectivity index (χ0n) is 12.8. The Bertz CT molecular complexity index is 454. The summed E-state index contributed by atoms with van der Waals surface area (Å²) < 4.78 is 5.37. The van der Waals surface area contributed by atoms with Crippen LogP contribution in [-0.2, 0) is 0 Å². The van der Waals surface area contributed by atoms with E-state index in [1.54, 1.807) is 7.11 Å². The summed E-state index contributed by atoms with van der Waals surface area (Å²) in [5.74, 6) is 0.966. The predicted octanol–water partition coefficient (Wildman–Crippen LogP) is 3.25. The molecule has 1 atom stereocenters. The number of nitrogens with one attached hydrogen (secondary N) is 2. The van der Waals surface area contributed by atoms with Crippen LogP contribution < -0.4 is 15.4 Å². The Balaban J connectivity index is 2.13. The molecule has 0 bridgehead atoms. The maximum atomic E-state index is 5.37. The summed E-state index contributed by atoms with van der Waals surface area (Å²) in [7, 11) is 1.73. The van der Waals surface area contributed by atoms with E-state index in [4.69, 9.17) is 4.74 Å². The number of hydrogen-bond acceptors (Lipinski definition) is 3. The molecule has 3 heteroatoms. The van der Waals surface area contributed by atoms with Crippen molar-refractivity contribution in [1.29, 1.82) is 0 Å². The summed E-state index contributed by atoms with van der Waals surface area (Å²) in [4.78, 5) is 0. The van der Waals surface area contributed by atoms with Gasteiger partial charge in [-0.2, -0.15) is 0 Å². The van der Waals surface area contributed by atoms with Gasteiger partial charge in [0.2, 0.25) is 0 Å². The zero-order valence-corrected chi connectivity index (χ0v) is 12.8. The summed E-state index contributed by atoms with van der Waals surface area (Å²) in [6.45, 7) is 9.85. The van der Waals surface area contributed by atoms with Gasteiger partial charge in [-0.05, 0) is 70.3 Å². The lowest BCUT2D eigenvalue weighted by atomic mass is 9.89. The van der Waals surface area contributed by atoms with Crippen LogP contribution in [-0.4, -0.2) is 25.2 Å². The van der Waals surface area contributed by atoms with E-state index in [1.165, 1.54) is 23.2 Å². The molecule has 1 unspecified atom stereocenters. The molecule has 0 radical (unpaired) electrons. The first-order valence-corrected chi connectivity index (χ1v) is 7.08. The fourth-order valence-corrected chi connectivity index (χ4v) is 2.88. The molecule has 1 heterocycles. The average molecular weight is 262 g/mol. The van der Waals surface area contributed by atoms with E-state index < -0.39 is 0 Å². The fourth-order valence-electron chi connectivity index (χ4n) is 2.88. The van der Waals surface area contributed by atoms with Gasteiger partial charge in [0.05, 0.1) is 7.11 Å². The summed E-state index contributed by atoms with van der Waals surface area (Å²) >= 11 is 0. The standard InChI is InChI=1S/C16H26N2O/c1-11-9-15(19-5)12(2)8-14(11)18-13-6-7-17-16(3,4)10-13/h8-9,13,17-18H,6-7,10H2,1-5H3. The van der Waals surface area contributed by atoms with E-state index in [1.807, 2.05) is 0 Å². The highest BCUT2D eigenvalue weighted by Crippen LogP contribution is 2.28. The van der Waals surface area contributed by atoms with Crippen molar-refractivity contribution in [1.82, 2.24) is 5.32 Å². The Morgan fingerprint density at radius 3 is 2.63 bits per heavy atom. The molecular weight excluding hydrogens is 236 g/mol. The van der Waals surface area contributed by atoms with Crippen molar-refractivity contribution in [3.8, 4) is 5.75 Å². The first-order chi connectivity index (χ1) is 8.91. The van der Waals surface area contributed by atoms with Gasteiger partial charge in [-0.25, -0.2) is 0 Å². The molecule has 0 saturated carbocycles. The molecule has 1 aliphatic heterocycles. The number of rotatable bonds is 3. The number of piperidine rings is 1. The van der Waals surface area contributed by atoms with Crippen LogP contribution in [0.15, 0.2) is 12.1 Å². The molecule has 1 fully saturated rings. The van der Waals surface area contributed by atoms with Gasteiger partial charge in [0, 0.05) is 17.3 Å². The van der Waals surface area contributed by atoms with E-state index in [0.29, 0.717) is 6.04 Å². The first-order valence-electron chi connectivity index (χ1n) is 7.08. The second-order valence-electron chi connectivity index (χ2n) is 6.28. The normalized spacial score (nSPS) is 22.1. The van der Waals surface area contributed by atoms with Gasteiger partial charge >= 0.3 is 0 Å². The second kappa shape index (κ2) is 5.41. The van der Waals surface area contributed by atoms with Crippen molar-refractivity contribution in [3.05, 3.63) is 23.3 Å². The number of benzene rings is 1. The van der Waals surface area contributed by atoms with Crippen LogP contribution in [0, 0.1) is 13.8 Å². The Kier molecular flexibility index (Phi) is 4.04. The van der Waals surface area contributed by atoms with Crippen LogP contribution >= 0.6 is 0 Å². The van der Waals surface area contributed by atoms with Gasteiger partial charge in [-0.3, -0.25) is 0 Å². The van der Waals surface area contributed by atoms with Crippen molar-refractivity contribution in [2.24, 2.45) is 0 Å². The molecule has 1 saturated heterocycles. The highest BCUT2D eigenvalue weighted by atomic mass is 16.5. The summed E-state index contributed by atoms with van der Waals surface area (Å²) in [5, 5.41) is 7.26. The van der Waals surface area contributed by atoms with Crippen molar-refractivity contribution >= 4 is 5.69 Å². The number of methoxy groups -OCH3 is 1. The largest absolute Gasteiger partial charge is 0.496 e. The van der Waals surface area contributed by atoms with E-state index in [2.05, 4.69) is 50.5 Å². The number of hydrogen-bond donors (Lipinski definition) is 2. The highest BCUT2D eigenvalue weighted by molar-refractivity contribution is 5.57. The highest BCUT2D eigenvalue weighted by Gasteiger charge is 2.27. The maximum absolute atomic E-state index is 5.37. The first kappa shape index (κ1) is 14.2. The van der Waals surface area contributed by atoms with Crippen molar-refractivity contribution in [3.63, 3.8) is 0 Å². The monoisotopic (exact) mass is 262 g/mol. The van der Waals surface area contributed by atoms with Crippen LogP contribution in [0.5, 0.6) is 5.75 Å². The molecule has 1 aliphatic rings. The summed E-state index contributed by atoms with van der Waals surface area (Å²) in [5.41, 5.74) is 3.90. The zero-order chi connectivity index (χ0) is 14.0. The van der Waals surface area contributed by atoms with E-state index in [0.717, 1.165) is 18.7 Å². The van der Waals surface area contributed by atoms with Gasteiger partial charge in [-0.1, -0.05) is 0 Å². The molecule has 2 N–H and O–H groups in total. The van der Waals surface area contributed by atoms with Crippen LogP contribution in [0.25, 0.3) is 0 Å². The van der Waals surface area contributed by atoms with Gasteiger partial charge in [0.15, 0.2) is 0 Å². The minimum absolute atomic E-state index is 0.228. The second-order valence-corrected chi connectivity index (χ2v) is 6.28. The molecule has 106 valence electrons. The van der Waals surface area contributed by atoms with Crippen LogP contribution in [0.2, 0.25) is 0 Å². The van der Waals surface area contributed by atoms with Gasteiger partial charge in [0.1, 0.15) is 5.75 Å². The van der Waals surface area contributed by atoms with E-state index in [9.17, 15) is 0 Å². The molecule has 0 aromatic heterocycles. The quantitative estimate of drug-likeness (QED) is 0.877. The molecule has 0 aliphatic carbocycles. The van der Waals surface area contributed by atoms with Crippen LogP contribution in [0.1, 0.15) is 37.8 Å². The maximum Gasteiger partial charge on any atom is 0.122 e. The fraction of sp³-hybridized carbons (Fsp3) is 0.625. The minimum atomic E-state index is 0.228. The number of aryl methyl sites for hydroxylation is 2. The molecule has 2 rings (SSSR count). The molecule has 0 amide bonds. The molecule has 3 nitrogen and oxygen atoms in total. The Labute approximate surface area is 116 Å². The molecule has 0 spiro atoms. The number of ether oxygens (including phenoxy) is 1. The van der Waals surface area contributed by atoms with E-state index in [-0.39, 0.29) is 5.54 Å². The Hall–Kier alpha value is -1.22. The van der Waals surface area contributed by atoms with Crippen molar-refractivity contribution in [2.45, 2.75) is 52.1 Å². The lowest BCUT2D eigenvalue weighted by Gasteiger charge is -2.37. The lowest BCUT2D eigenvalue weighted by molar-refractivity contribution is 0.286. The van der Waals surface area contributed by atoms with Gasteiger partial charge < -0.3 is 15.4 Å². The molecule has 1 aromatic carbocycles. The Morgan fingerprint density at radius 1 is 1.26 bits per heavy atom. The van der Waals surface area contributed by atoms with Crippen molar-refractivity contribution < 1.29 is 4.74 Å². The molecule has 1 aromatic rings. The minimum Gasteiger partial charge on any atom is -0.496 e. The van der Waals surface area contributed by atoms with E-state index >= 15 is 0 Å². The topological polar surface area (TPSA) is 33.3 Å². The third-order valence-electron chi connectivity index (χ3n) is 3.95. The number of anilines is 1. The summed E-state index contributed by atoms with van der Waals surface area (Å²) in [6, 6.07) is 4.86. The third-order valence-corrected chi connectivity index (χ3v) is 3.95. The van der Waals surface area contributed by atoms with Gasteiger partial charge in [-0.15, -0.1) is 0 Å². The van der Waals surface area contributed by atoms with Crippen LogP contribution in [0.4, 0.5) is 5.69 Å². The van der Waals surface area contributed by atoms with Gasteiger partial charge in [0.25, 0.3) is 0 Å². The van der Waals surface area contributed by atoms with Crippen LogP contribution in [0.3, 0.4) is 0 Å². The third kappa shape index (κ3) is 3.41. The SMILES string of the molecule is COc1cc(C)c(NC2CCNC(C)(C)C2)cc1C. The Morgan fingerprint density at radius 2 is 2.00 bits per heavy atom. The smallest absolute Gasteiger partial charge is 0.122 e. The lowest BCUT2D eigenvalue weighted by Crippen LogP contribution is -2.50. The predicted molar refractivity (Wildman–Crippen MR) is 81.2 cm³/mol. The van der Waals surface area contributed by atoms with Crippen molar-refractivity contribution in [2.75, 3.05) is 19.0 Å². The molecule has 19 heavy (non-hydrogen) atoms. The molecular formula is C16H26N2O. The summed E-state index contributed by atoms with van der Waals surface area (Å²) in [6.07, 6.45) is 2.32. The average Bonchev–Trinajstić information content (AvgIpc) is 2.32.